The van der Waals surface area contributed by atoms with E-state index < -0.39 is 0 Å². The minimum atomic E-state index is -0.168. The zero-order valence-corrected chi connectivity index (χ0v) is 11.7. The van der Waals surface area contributed by atoms with E-state index >= 15 is 0 Å². The van der Waals surface area contributed by atoms with Gasteiger partial charge in [0, 0.05) is 19.9 Å². The molecule has 5 heteroatoms. The number of nitrogens with zero attached hydrogens (tertiary/aromatic N) is 2. The molecule has 3 rings (SSSR count). The van der Waals surface area contributed by atoms with Gasteiger partial charge in [0.05, 0.1) is 7.11 Å². The molecule has 1 aromatic carbocycles. The number of hydrogen-bond acceptors (Lipinski definition) is 4. The maximum Gasteiger partial charge on any atom is 0.224 e. The molecule has 2 heterocycles. The third-order valence-electron chi connectivity index (χ3n) is 3.76. The molecule has 1 fully saturated rings. The molecule has 5 nitrogen and oxygen atoms in total. The molecule has 1 saturated heterocycles. The highest BCUT2D eigenvalue weighted by atomic mass is 16.5. The summed E-state index contributed by atoms with van der Waals surface area (Å²) in [5.74, 6) is 1.63. The highest BCUT2D eigenvalue weighted by Crippen LogP contribution is 2.29. The van der Waals surface area contributed by atoms with Crippen molar-refractivity contribution < 1.29 is 14.3 Å². The van der Waals surface area contributed by atoms with Gasteiger partial charge >= 0.3 is 0 Å². The van der Waals surface area contributed by atoms with E-state index in [0.29, 0.717) is 18.9 Å². The Morgan fingerprint density at radius 1 is 1.40 bits per heavy atom. The fourth-order valence-corrected chi connectivity index (χ4v) is 2.72. The van der Waals surface area contributed by atoms with Crippen molar-refractivity contribution in [3.05, 3.63) is 29.8 Å². The molecule has 0 aromatic heterocycles. The highest BCUT2D eigenvalue weighted by molar-refractivity contribution is 5.80. The first-order valence-corrected chi connectivity index (χ1v) is 6.81. The number of carbonyl (C=O) groups excluding carboxylic acids is 1. The van der Waals surface area contributed by atoms with Gasteiger partial charge in [0.25, 0.3) is 0 Å². The van der Waals surface area contributed by atoms with Crippen LogP contribution < -0.4 is 4.74 Å². The second-order valence-electron chi connectivity index (χ2n) is 5.13. The first kappa shape index (κ1) is 13.0. The van der Waals surface area contributed by atoms with Crippen LogP contribution in [0.4, 0.5) is 0 Å². The number of benzene rings is 1. The first-order valence-electron chi connectivity index (χ1n) is 6.81. The highest BCUT2D eigenvalue weighted by Gasteiger charge is 2.40. The normalized spacial score (nSPS) is 25.0. The second kappa shape index (κ2) is 5.15. The Morgan fingerprint density at radius 2 is 2.15 bits per heavy atom. The Balaban J connectivity index is 1.78. The lowest BCUT2D eigenvalue weighted by Crippen LogP contribution is -2.48. The van der Waals surface area contributed by atoms with Crippen LogP contribution in [0.25, 0.3) is 0 Å². The van der Waals surface area contributed by atoms with Gasteiger partial charge in [-0.15, -0.1) is 0 Å². The third-order valence-corrected chi connectivity index (χ3v) is 3.76. The zero-order chi connectivity index (χ0) is 14.1. The van der Waals surface area contributed by atoms with E-state index in [0.717, 1.165) is 17.7 Å². The summed E-state index contributed by atoms with van der Waals surface area (Å²) < 4.78 is 10.8. The number of hydrogen-bond donors (Lipinski definition) is 0. The van der Waals surface area contributed by atoms with Crippen molar-refractivity contribution in [1.82, 2.24) is 4.90 Å². The molecule has 0 unspecified atom stereocenters. The smallest absolute Gasteiger partial charge is 0.224 e. The summed E-state index contributed by atoms with van der Waals surface area (Å²) in [6.45, 7) is 2.40. The van der Waals surface area contributed by atoms with E-state index in [1.54, 1.807) is 7.11 Å². The first-order chi connectivity index (χ1) is 9.67. The lowest BCUT2D eigenvalue weighted by Gasteiger charge is -2.34. The maximum absolute atomic E-state index is 12.1. The van der Waals surface area contributed by atoms with Gasteiger partial charge in [-0.25, -0.2) is 4.99 Å². The Labute approximate surface area is 118 Å². The summed E-state index contributed by atoms with van der Waals surface area (Å²) in [7, 11) is 1.64. The number of aliphatic imine (C=N–C) groups is 1. The Hall–Kier alpha value is -2.04. The topological polar surface area (TPSA) is 51.1 Å². The van der Waals surface area contributed by atoms with Gasteiger partial charge in [-0.2, -0.15) is 0 Å². The Morgan fingerprint density at radius 3 is 2.85 bits per heavy atom. The molecule has 0 spiro atoms. The van der Waals surface area contributed by atoms with Gasteiger partial charge in [0.15, 0.2) is 12.1 Å². The number of fused-ring (bicyclic) bond motifs is 1. The molecule has 0 bridgehead atoms. The average molecular weight is 274 g/mol. The molecular formula is C15H18N2O3. The Kier molecular flexibility index (Phi) is 3.34. The van der Waals surface area contributed by atoms with Crippen LogP contribution in [-0.2, 0) is 16.1 Å². The molecule has 2 aliphatic heterocycles. The summed E-state index contributed by atoms with van der Waals surface area (Å²) in [4.78, 5) is 18.4. The zero-order valence-electron chi connectivity index (χ0n) is 11.7. The van der Waals surface area contributed by atoms with Crippen LogP contribution in [0.3, 0.4) is 0 Å². The molecule has 0 N–H and O–H groups in total. The molecular weight excluding hydrogens is 256 g/mol. The van der Waals surface area contributed by atoms with Crippen molar-refractivity contribution in [2.45, 2.75) is 38.6 Å². The van der Waals surface area contributed by atoms with Crippen LogP contribution in [0.2, 0.25) is 0 Å². The number of rotatable bonds is 3. The SMILES string of the molecule is COc1ccc(CN2C(=O)CC[C@@H]3OC(C)=N[C@@H]32)cc1. The number of methoxy groups -OCH3 is 1. The number of amides is 1. The summed E-state index contributed by atoms with van der Waals surface area (Å²) in [5, 5.41) is 0. The van der Waals surface area contributed by atoms with E-state index in [1.807, 2.05) is 36.1 Å². The maximum atomic E-state index is 12.1. The van der Waals surface area contributed by atoms with E-state index in [9.17, 15) is 4.79 Å². The molecule has 0 aliphatic carbocycles. The van der Waals surface area contributed by atoms with Crippen molar-refractivity contribution >= 4 is 11.8 Å². The molecule has 2 aliphatic rings. The van der Waals surface area contributed by atoms with E-state index in [1.165, 1.54) is 0 Å². The van der Waals surface area contributed by atoms with E-state index in [2.05, 4.69) is 4.99 Å². The Bertz CT molecular complexity index is 539. The van der Waals surface area contributed by atoms with Gasteiger partial charge in [0.1, 0.15) is 11.9 Å². The lowest BCUT2D eigenvalue weighted by molar-refractivity contribution is -0.140. The van der Waals surface area contributed by atoms with E-state index in [-0.39, 0.29) is 18.2 Å². The monoisotopic (exact) mass is 274 g/mol. The van der Waals surface area contributed by atoms with Gasteiger partial charge < -0.3 is 14.4 Å². The predicted molar refractivity (Wildman–Crippen MR) is 74.5 cm³/mol. The van der Waals surface area contributed by atoms with Crippen molar-refractivity contribution in [3.8, 4) is 5.75 Å². The molecule has 20 heavy (non-hydrogen) atoms. The predicted octanol–water partition coefficient (Wildman–Crippen LogP) is 1.96. The van der Waals surface area contributed by atoms with Gasteiger partial charge in [0.2, 0.25) is 5.91 Å². The van der Waals surface area contributed by atoms with Crippen LogP contribution in [-0.4, -0.2) is 36.1 Å². The molecule has 0 saturated carbocycles. The fourth-order valence-electron chi connectivity index (χ4n) is 2.72. The number of carbonyl (C=O) groups is 1. The number of piperidine rings is 1. The molecule has 0 radical (unpaired) electrons. The summed E-state index contributed by atoms with van der Waals surface area (Å²) in [5.41, 5.74) is 1.07. The minimum Gasteiger partial charge on any atom is -0.497 e. The number of ether oxygens (including phenoxy) is 2. The van der Waals surface area contributed by atoms with Crippen LogP contribution in [0.15, 0.2) is 29.3 Å². The third kappa shape index (κ3) is 2.35. The van der Waals surface area contributed by atoms with Crippen molar-refractivity contribution in [3.63, 3.8) is 0 Å². The lowest BCUT2D eigenvalue weighted by atomic mass is 10.0. The van der Waals surface area contributed by atoms with Crippen molar-refractivity contribution in [1.29, 1.82) is 0 Å². The minimum absolute atomic E-state index is 0.0194. The standard InChI is InChI=1S/C15H18N2O3/c1-10-16-15-13(20-10)7-8-14(18)17(15)9-11-3-5-12(19-2)6-4-11/h3-6,13,15H,7-9H2,1-2H3/t13-,15+/m0/s1. The van der Waals surface area contributed by atoms with Crippen LogP contribution in [0, 0.1) is 0 Å². The van der Waals surface area contributed by atoms with Crippen LogP contribution in [0.5, 0.6) is 5.75 Å². The molecule has 106 valence electrons. The quantitative estimate of drug-likeness (QED) is 0.846. The van der Waals surface area contributed by atoms with Gasteiger partial charge in [-0.3, -0.25) is 4.79 Å². The summed E-state index contributed by atoms with van der Waals surface area (Å²) in [6.07, 6.45) is 1.13. The van der Waals surface area contributed by atoms with Gasteiger partial charge in [-0.1, -0.05) is 12.1 Å². The van der Waals surface area contributed by atoms with Crippen LogP contribution in [0.1, 0.15) is 25.3 Å². The molecule has 1 amide bonds. The van der Waals surface area contributed by atoms with Gasteiger partial charge in [-0.05, 0) is 24.1 Å². The van der Waals surface area contributed by atoms with E-state index in [4.69, 9.17) is 9.47 Å². The van der Waals surface area contributed by atoms with Crippen molar-refractivity contribution in [2.24, 2.45) is 4.99 Å². The van der Waals surface area contributed by atoms with Crippen LogP contribution >= 0.6 is 0 Å². The second-order valence-corrected chi connectivity index (χ2v) is 5.13. The van der Waals surface area contributed by atoms with Crippen molar-refractivity contribution in [2.75, 3.05) is 7.11 Å². The molecule has 2 atom stereocenters. The fraction of sp³-hybridized carbons (Fsp3) is 0.467. The molecule has 1 aromatic rings. The average Bonchev–Trinajstić information content (AvgIpc) is 2.84. The number of likely N-dealkylation sites (tertiary alicyclic amines) is 1. The summed E-state index contributed by atoms with van der Waals surface area (Å²) >= 11 is 0. The summed E-state index contributed by atoms with van der Waals surface area (Å²) in [6, 6.07) is 7.76. The largest absolute Gasteiger partial charge is 0.497 e.